The molecule has 0 aliphatic carbocycles. The first-order valence-electron chi connectivity index (χ1n) is 6.55. The van der Waals surface area contributed by atoms with Crippen molar-refractivity contribution in [2.24, 2.45) is 7.05 Å². The third-order valence-electron chi connectivity index (χ3n) is 3.52. The summed E-state index contributed by atoms with van der Waals surface area (Å²) in [7, 11) is 1.91. The molecule has 0 saturated heterocycles. The van der Waals surface area contributed by atoms with Crippen LogP contribution >= 0.6 is 0 Å². The maximum Gasteiger partial charge on any atom is 0.128 e. The average molecular weight is 261 g/mol. The molecule has 0 saturated carbocycles. The number of aryl methyl sites for hydroxylation is 2. The minimum absolute atomic E-state index is 0.0391. The van der Waals surface area contributed by atoms with Crippen LogP contribution in [0.2, 0.25) is 0 Å². The van der Waals surface area contributed by atoms with Gasteiger partial charge in [-0.2, -0.15) is 5.10 Å². The molecule has 0 aliphatic rings. The fourth-order valence-electron chi connectivity index (χ4n) is 2.31. The van der Waals surface area contributed by atoms with E-state index in [2.05, 4.69) is 10.4 Å². The molecule has 1 heterocycles. The van der Waals surface area contributed by atoms with Gasteiger partial charge in [0.1, 0.15) is 5.82 Å². The van der Waals surface area contributed by atoms with Gasteiger partial charge in [-0.1, -0.05) is 25.1 Å². The summed E-state index contributed by atoms with van der Waals surface area (Å²) in [5, 5.41) is 7.79. The lowest BCUT2D eigenvalue weighted by molar-refractivity contribution is 0.587. The second-order valence-corrected chi connectivity index (χ2v) is 4.80. The highest BCUT2D eigenvalue weighted by atomic mass is 19.1. The first kappa shape index (κ1) is 13.6. The molecule has 0 radical (unpaired) electrons. The van der Waals surface area contributed by atoms with Crippen LogP contribution in [-0.2, 0) is 7.05 Å². The van der Waals surface area contributed by atoms with E-state index in [1.54, 1.807) is 6.07 Å². The Labute approximate surface area is 113 Å². The number of benzene rings is 1. The molecular formula is C15H20FN3. The van der Waals surface area contributed by atoms with Crippen molar-refractivity contribution in [1.29, 1.82) is 0 Å². The van der Waals surface area contributed by atoms with Crippen LogP contribution in [0.3, 0.4) is 0 Å². The molecule has 0 aliphatic heterocycles. The molecule has 0 spiro atoms. The van der Waals surface area contributed by atoms with Crippen molar-refractivity contribution in [1.82, 2.24) is 9.78 Å². The summed E-state index contributed by atoms with van der Waals surface area (Å²) in [6.45, 7) is 6.02. The summed E-state index contributed by atoms with van der Waals surface area (Å²) < 4.78 is 15.7. The van der Waals surface area contributed by atoms with Gasteiger partial charge in [0.25, 0.3) is 0 Å². The van der Waals surface area contributed by atoms with Crippen molar-refractivity contribution in [2.45, 2.75) is 33.2 Å². The Morgan fingerprint density at radius 1 is 1.32 bits per heavy atom. The van der Waals surface area contributed by atoms with Crippen molar-refractivity contribution < 1.29 is 4.39 Å². The van der Waals surface area contributed by atoms with Gasteiger partial charge in [-0.3, -0.25) is 4.68 Å². The topological polar surface area (TPSA) is 29.9 Å². The summed E-state index contributed by atoms with van der Waals surface area (Å²) in [5.41, 5.74) is 3.70. The highest BCUT2D eigenvalue weighted by molar-refractivity contribution is 5.53. The van der Waals surface area contributed by atoms with Crippen molar-refractivity contribution in [3.8, 4) is 0 Å². The van der Waals surface area contributed by atoms with Gasteiger partial charge >= 0.3 is 0 Å². The Morgan fingerprint density at radius 2 is 2.00 bits per heavy atom. The fourth-order valence-corrected chi connectivity index (χ4v) is 2.31. The highest BCUT2D eigenvalue weighted by Crippen LogP contribution is 2.28. The van der Waals surface area contributed by atoms with Gasteiger partial charge in [0.2, 0.25) is 0 Å². The summed E-state index contributed by atoms with van der Waals surface area (Å²) in [5.74, 6) is -0.166. The lowest BCUT2D eigenvalue weighted by Crippen LogP contribution is -2.12. The minimum atomic E-state index is -0.166. The van der Waals surface area contributed by atoms with Crippen LogP contribution in [0.25, 0.3) is 0 Å². The molecule has 1 aromatic carbocycles. The number of anilines is 1. The molecule has 102 valence electrons. The number of nitrogens with one attached hydrogen (secondary N) is 1. The second kappa shape index (κ2) is 5.43. The molecular weight excluding hydrogens is 241 g/mol. The van der Waals surface area contributed by atoms with Gasteiger partial charge in [0.15, 0.2) is 0 Å². The Kier molecular flexibility index (Phi) is 3.88. The van der Waals surface area contributed by atoms with Crippen molar-refractivity contribution in [2.75, 3.05) is 5.32 Å². The van der Waals surface area contributed by atoms with E-state index < -0.39 is 0 Å². The molecule has 0 fully saturated rings. The van der Waals surface area contributed by atoms with Crippen LogP contribution in [0.15, 0.2) is 24.3 Å². The van der Waals surface area contributed by atoms with E-state index in [9.17, 15) is 4.39 Å². The third-order valence-corrected chi connectivity index (χ3v) is 3.52. The summed E-state index contributed by atoms with van der Waals surface area (Å²) >= 11 is 0. The minimum Gasteiger partial charge on any atom is -0.375 e. The van der Waals surface area contributed by atoms with Gasteiger partial charge in [-0.25, -0.2) is 4.39 Å². The van der Waals surface area contributed by atoms with Crippen molar-refractivity contribution in [3.05, 3.63) is 47.0 Å². The SMILES string of the molecule is CCC(Nc1c(C)nn(C)c1C)c1ccccc1F. The molecule has 3 nitrogen and oxygen atoms in total. The molecule has 1 atom stereocenters. The molecule has 19 heavy (non-hydrogen) atoms. The number of rotatable bonds is 4. The second-order valence-electron chi connectivity index (χ2n) is 4.80. The summed E-state index contributed by atoms with van der Waals surface area (Å²) in [4.78, 5) is 0. The van der Waals surface area contributed by atoms with E-state index in [1.807, 2.05) is 44.6 Å². The van der Waals surface area contributed by atoms with E-state index in [4.69, 9.17) is 0 Å². The first-order chi connectivity index (χ1) is 9.04. The van der Waals surface area contributed by atoms with Gasteiger partial charge in [0, 0.05) is 12.6 Å². The number of hydrogen-bond acceptors (Lipinski definition) is 2. The monoisotopic (exact) mass is 261 g/mol. The molecule has 0 bridgehead atoms. The van der Waals surface area contributed by atoms with Crippen LogP contribution in [0.4, 0.5) is 10.1 Å². The van der Waals surface area contributed by atoms with Gasteiger partial charge in [-0.15, -0.1) is 0 Å². The summed E-state index contributed by atoms with van der Waals surface area (Å²) in [6, 6.07) is 6.88. The zero-order chi connectivity index (χ0) is 14.0. The van der Waals surface area contributed by atoms with Gasteiger partial charge in [-0.05, 0) is 26.3 Å². The highest BCUT2D eigenvalue weighted by Gasteiger charge is 2.17. The zero-order valence-corrected chi connectivity index (χ0v) is 11.9. The number of hydrogen-bond donors (Lipinski definition) is 1. The molecule has 0 amide bonds. The zero-order valence-electron chi connectivity index (χ0n) is 11.9. The Morgan fingerprint density at radius 3 is 2.53 bits per heavy atom. The number of aromatic nitrogens is 2. The first-order valence-corrected chi connectivity index (χ1v) is 6.55. The standard InChI is InChI=1S/C15H20FN3/c1-5-14(12-8-6-7-9-13(12)16)17-15-10(2)18-19(4)11(15)3/h6-9,14,17H,5H2,1-4H3. The maximum absolute atomic E-state index is 13.9. The van der Waals surface area contributed by atoms with Crippen LogP contribution < -0.4 is 5.32 Å². The quantitative estimate of drug-likeness (QED) is 0.908. The molecule has 4 heteroatoms. The molecule has 2 rings (SSSR count). The lowest BCUT2D eigenvalue weighted by atomic mass is 10.0. The van der Waals surface area contributed by atoms with Crippen LogP contribution in [0.5, 0.6) is 0 Å². The van der Waals surface area contributed by atoms with Crippen LogP contribution in [0, 0.1) is 19.7 Å². The van der Waals surface area contributed by atoms with Crippen molar-refractivity contribution in [3.63, 3.8) is 0 Å². The largest absolute Gasteiger partial charge is 0.375 e. The van der Waals surface area contributed by atoms with E-state index in [0.717, 1.165) is 23.5 Å². The predicted octanol–water partition coefficient (Wildman–Crippen LogP) is 3.74. The Bertz CT molecular complexity index is 575. The van der Waals surface area contributed by atoms with E-state index >= 15 is 0 Å². The number of halogens is 1. The maximum atomic E-state index is 13.9. The van der Waals surface area contributed by atoms with Crippen molar-refractivity contribution >= 4 is 5.69 Å². The normalized spacial score (nSPS) is 12.5. The van der Waals surface area contributed by atoms with E-state index in [0.29, 0.717) is 5.56 Å². The van der Waals surface area contributed by atoms with Gasteiger partial charge in [0.05, 0.1) is 23.1 Å². The predicted molar refractivity (Wildman–Crippen MR) is 75.7 cm³/mol. The van der Waals surface area contributed by atoms with E-state index in [1.165, 1.54) is 6.07 Å². The molecule has 1 N–H and O–H groups in total. The smallest absolute Gasteiger partial charge is 0.128 e. The molecule has 2 aromatic rings. The molecule has 1 unspecified atom stereocenters. The molecule has 1 aromatic heterocycles. The van der Waals surface area contributed by atoms with E-state index in [-0.39, 0.29) is 11.9 Å². The van der Waals surface area contributed by atoms with Gasteiger partial charge < -0.3 is 5.32 Å². The fraction of sp³-hybridized carbons (Fsp3) is 0.400. The third kappa shape index (κ3) is 2.62. The number of nitrogens with zero attached hydrogens (tertiary/aromatic N) is 2. The Hall–Kier alpha value is -1.84. The Balaban J connectivity index is 2.32. The van der Waals surface area contributed by atoms with Crippen LogP contribution in [0.1, 0.15) is 36.3 Å². The average Bonchev–Trinajstić information content (AvgIpc) is 2.63. The lowest BCUT2D eigenvalue weighted by Gasteiger charge is -2.19. The van der Waals surface area contributed by atoms with Crippen LogP contribution in [-0.4, -0.2) is 9.78 Å². The summed E-state index contributed by atoms with van der Waals surface area (Å²) in [6.07, 6.45) is 0.814.